The Hall–Kier alpha value is -4.97. The zero-order chi connectivity index (χ0) is 25.8. The molecule has 0 aliphatic rings. The lowest BCUT2D eigenvalue weighted by Crippen LogP contribution is -2.18. The molecule has 0 atom stereocenters. The molecule has 1 N–H and O–H groups in total. The predicted molar refractivity (Wildman–Crippen MR) is 146 cm³/mol. The van der Waals surface area contributed by atoms with E-state index in [1.165, 1.54) is 6.21 Å². The first-order chi connectivity index (χ1) is 18.0. The van der Waals surface area contributed by atoms with Gasteiger partial charge in [0, 0.05) is 28.2 Å². The molecule has 1 heterocycles. The number of ether oxygens (including phenoxy) is 1. The van der Waals surface area contributed by atoms with Crippen molar-refractivity contribution in [3.8, 4) is 11.4 Å². The number of amides is 1. The molecule has 182 valence electrons. The van der Waals surface area contributed by atoms with Crippen molar-refractivity contribution >= 4 is 28.9 Å². The molecule has 37 heavy (non-hydrogen) atoms. The number of carbonyl (C=O) groups excluding carboxylic acids is 2. The number of hydrazone groups is 1. The van der Waals surface area contributed by atoms with E-state index in [1.54, 1.807) is 42.5 Å². The Kier molecular flexibility index (Phi) is 6.64. The standard InChI is InChI=1S/C31H25N3O3/c1-21-12-13-22(2)34(21)26-17-14-24(15-18-26)30(35)33-32-20-28-27-11-7-6-8-23(27)16-19-29(28)37-31(36)25-9-4-3-5-10-25/h3-20H,1-2H3,(H,33,35)/b32-20+. The van der Waals surface area contributed by atoms with Crippen molar-refractivity contribution in [1.82, 2.24) is 9.99 Å². The Balaban J connectivity index is 1.37. The summed E-state index contributed by atoms with van der Waals surface area (Å²) in [6, 6.07) is 31.6. The Morgan fingerprint density at radius 1 is 0.757 bits per heavy atom. The maximum atomic E-state index is 12.8. The highest BCUT2D eigenvalue weighted by atomic mass is 16.5. The topological polar surface area (TPSA) is 72.7 Å². The van der Waals surface area contributed by atoms with Crippen LogP contribution in [0.1, 0.15) is 37.7 Å². The van der Waals surface area contributed by atoms with Crippen molar-refractivity contribution in [3.05, 3.63) is 131 Å². The fourth-order valence-corrected chi connectivity index (χ4v) is 4.29. The van der Waals surface area contributed by atoms with Crippen molar-refractivity contribution in [3.63, 3.8) is 0 Å². The Labute approximate surface area is 214 Å². The van der Waals surface area contributed by atoms with Crippen molar-refractivity contribution in [2.45, 2.75) is 13.8 Å². The van der Waals surface area contributed by atoms with Gasteiger partial charge in [-0.15, -0.1) is 0 Å². The van der Waals surface area contributed by atoms with E-state index < -0.39 is 5.97 Å². The van der Waals surface area contributed by atoms with Crippen molar-refractivity contribution in [2.24, 2.45) is 5.10 Å². The molecule has 1 amide bonds. The molecule has 0 saturated carbocycles. The van der Waals surface area contributed by atoms with E-state index >= 15 is 0 Å². The van der Waals surface area contributed by atoms with E-state index in [9.17, 15) is 9.59 Å². The highest BCUT2D eigenvalue weighted by Gasteiger charge is 2.14. The highest BCUT2D eigenvalue weighted by Crippen LogP contribution is 2.27. The summed E-state index contributed by atoms with van der Waals surface area (Å²) in [5.74, 6) is -0.456. The van der Waals surface area contributed by atoms with E-state index in [0.29, 0.717) is 22.4 Å². The van der Waals surface area contributed by atoms with Crippen LogP contribution in [0.25, 0.3) is 16.5 Å². The van der Waals surface area contributed by atoms with Crippen LogP contribution in [0.2, 0.25) is 0 Å². The van der Waals surface area contributed by atoms with Crippen LogP contribution in [0.5, 0.6) is 5.75 Å². The molecule has 0 fully saturated rings. The second-order valence-electron chi connectivity index (χ2n) is 8.65. The minimum absolute atomic E-state index is 0.341. The van der Waals surface area contributed by atoms with Crippen LogP contribution in [0.15, 0.2) is 108 Å². The van der Waals surface area contributed by atoms with Crippen LogP contribution in [0, 0.1) is 13.8 Å². The number of carbonyl (C=O) groups is 2. The van der Waals surface area contributed by atoms with Gasteiger partial charge in [0.1, 0.15) is 5.75 Å². The van der Waals surface area contributed by atoms with E-state index in [2.05, 4.69) is 27.2 Å². The fourth-order valence-electron chi connectivity index (χ4n) is 4.29. The quantitative estimate of drug-likeness (QED) is 0.134. The van der Waals surface area contributed by atoms with Gasteiger partial charge in [0.15, 0.2) is 0 Å². The van der Waals surface area contributed by atoms with Gasteiger partial charge in [-0.05, 0) is 79.2 Å². The number of nitrogens with zero attached hydrogens (tertiary/aromatic N) is 2. The summed E-state index contributed by atoms with van der Waals surface area (Å²) < 4.78 is 7.83. The molecule has 0 bridgehead atoms. The molecule has 5 aromatic rings. The number of nitrogens with one attached hydrogen (secondary N) is 1. The Bertz CT molecular complexity index is 1600. The number of hydrogen-bond acceptors (Lipinski definition) is 4. The van der Waals surface area contributed by atoms with Gasteiger partial charge in [-0.25, -0.2) is 10.2 Å². The highest BCUT2D eigenvalue weighted by molar-refractivity contribution is 6.04. The van der Waals surface area contributed by atoms with Gasteiger partial charge < -0.3 is 9.30 Å². The summed E-state index contributed by atoms with van der Waals surface area (Å²) >= 11 is 0. The Morgan fingerprint density at radius 2 is 1.43 bits per heavy atom. The summed E-state index contributed by atoms with van der Waals surface area (Å²) in [7, 11) is 0. The summed E-state index contributed by atoms with van der Waals surface area (Å²) in [5.41, 5.74) is 7.34. The van der Waals surface area contributed by atoms with Gasteiger partial charge in [0.05, 0.1) is 11.8 Å². The molecule has 1 aromatic heterocycles. The maximum Gasteiger partial charge on any atom is 0.343 e. The third-order valence-electron chi connectivity index (χ3n) is 6.16. The molecule has 0 radical (unpaired) electrons. The monoisotopic (exact) mass is 487 g/mol. The number of benzene rings is 4. The van der Waals surface area contributed by atoms with Crippen LogP contribution >= 0.6 is 0 Å². The van der Waals surface area contributed by atoms with E-state index in [-0.39, 0.29) is 5.91 Å². The van der Waals surface area contributed by atoms with Crippen LogP contribution in [0.3, 0.4) is 0 Å². The first kappa shape index (κ1) is 23.8. The second kappa shape index (κ2) is 10.3. The summed E-state index contributed by atoms with van der Waals surface area (Å²) in [4.78, 5) is 25.4. The zero-order valence-corrected chi connectivity index (χ0v) is 20.5. The molecular formula is C31H25N3O3. The molecule has 0 aliphatic carbocycles. The minimum Gasteiger partial charge on any atom is -0.422 e. The molecule has 5 rings (SSSR count). The molecule has 6 heteroatoms. The third-order valence-corrected chi connectivity index (χ3v) is 6.16. The van der Waals surface area contributed by atoms with Crippen molar-refractivity contribution in [2.75, 3.05) is 0 Å². The summed E-state index contributed by atoms with van der Waals surface area (Å²) in [6.07, 6.45) is 1.51. The van der Waals surface area contributed by atoms with Crippen LogP contribution < -0.4 is 10.2 Å². The number of hydrogen-bond donors (Lipinski definition) is 1. The first-order valence-electron chi connectivity index (χ1n) is 11.9. The first-order valence-corrected chi connectivity index (χ1v) is 11.9. The number of esters is 1. The van der Waals surface area contributed by atoms with Gasteiger partial charge in [-0.3, -0.25) is 4.79 Å². The van der Waals surface area contributed by atoms with Crippen LogP contribution in [-0.2, 0) is 0 Å². The molecule has 0 saturated heterocycles. The lowest BCUT2D eigenvalue weighted by Gasteiger charge is -2.11. The van der Waals surface area contributed by atoms with Crippen LogP contribution in [0.4, 0.5) is 0 Å². The number of aromatic nitrogens is 1. The van der Waals surface area contributed by atoms with Crippen molar-refractivity contribution < 1.29 is 14.3 Å². The third kappa shape index (κ3) is 5.04. The number of fused-ring (bicyclic) bond motifs is 1. The normalized spacial score (nSPS) is 11.1. The SMILES string of the molecule is Cc1ccc(C)n1-c1ccc(C(=O)N/N=C/c2c(OC(=O)c3ccccc3)ccc3ccccc23)cc1. The zero-order valence-electron chi connectivity index (χ0n) is 20.5. The molecule has 0 aliphatic heterocycles. The van der Waals surface area contributed by atoms with Gasteiger partial charge in [0.25, 0.3) is 5.91 Å². The van der Waals surface area contributed by atoms with E-state index in [4.69, 9.17) is 4.74 Å². The van der Waals surface area contributed by atoms with E-state index in [0.717, 1.165) is 27.8 Å². The average molecular weight is 488 g/mol. The lowest BCUT2D eigenvalue weighted by atomic mass is 10.0. The summed E-state index contributed by atoms with van der Waals surface area (Å²) in [6.45, 7) is 4.09. The molecule has 6 nitrogen and oxygen atoms in total. The minimum atomic E-state index is -0.470. The van der Waals surface area contributed by atoms with Gasteiger partial charge in [-0.2, -0.15) is 5.10 Å². The second-order valence-corrected chi connectivity index (χ2v) is 8.65. The van der Waals surface area contributed by atoms with E-state index in [1.807, 2.05) is 62.4 Å². The molecule has 0 spiro atoms. The molecular weight excluding hydrogens is 462 g/mol. The average Bonchev–Trinajstić information content (AvgIpc) is 3.27. The molecule has 0 unspecified atom stereocenters. The smallest absolute Gasteiger partial charge is 0.343 e. The Morgan fingerprint density at radius 3 is 2.16 bits per heavy atom. The van der Waals surface area contributed by atoms with Crippen LogP contribution in [-0.4, -0.2) is 22.7 Å². The largest absolute Gasteiger partial charge is 0.422 e. The fraction of sp³-hybridized carbons (Fsp3) is 0.0645. The predicted octanol–water partition coefficient (Wildman–Crippen LogP) is 6.23. The van der Waals surface area contributed by atoms with Gasteiger partial charge in [-0.1, -0.05) is 48.5 Å². The summed E-state index contributed by atoms with van der Waals surface area (Å²) in [5, 5.41) is 6.00. The number of aryl methyl sites for hydroxylation is 2. The van der Waals surface area contributed by atoms with Gasteiger partial charge >= 0.3 is 5.97 Å². The van der Waals surface area contributed by atoms with Crippen molar-refractivity contribution in [1.29, 1.82) is 0 Å². The van der Waals surface area contributed by atoms with Gasteiger partial charge in [0.2, 0.25) is 0 Å². The lowest BCUT2D eigenvalue weighted by molar-refractivity contribution is 0.0734. The molecule has 4 aromatic carbocycles. The maximum absolute atomic E-state index is 12.8. The number of rotatable bonds is 6.